The molecule has 1 aromatic heterocycles. The average molecular weight is 282 g/mol. The zero-order valence-electron chi connectivity index (χ0n) is 10.2. The maximum Gasteiger partial charge on any atom is 0.337 e. The van der Waals surface area contributed by atoms with Crippen molar-refractivity contribution in [2.24, 2.45) is 0 Å². The minimum atomic E-state index is -1.10. The molecule has 0 radical (unpaired) electrons. The standard InChI is InChI=1S/C12H12ClN3O3/c1-2-11-10(6-17)14-15-16(11)7-3-4-9(13)8(5-7)12(18)19/h3-5,17H,2,6H2,1H3,(H,18,19). The van der Waals surface area contributed by atoms with E-state index in [9.17, 15) is 4.79 Å². The van der Waals surface area contributed by atoms with Crippen LogP contribution in [0.4, 0.5) is 0 Å². The van der Waals surface area contributed by atoms with Crippen molar-refractivity contribution in [2.45, 2.75) is 20.0 Å². The highest BCUT2D eigenvalue weighted by atomic mass is 35.5. The zero-order chi connectivity index (χ0) is 14.0. The van der Waals surface area contributed by atoms with Gasteiger partial charge >= 0.3 is 5.97 Å². The molecule has 0 saturated heterocycles. The first-order valence-electron chi connectivity index (χ1n) is 5.66. The van der Waals surface area contributed by atoms with Crippen molar-refractivity contribution in [2.75, 3.05) is 0 Å². The summed E-state index contributed by atoms with van der Waals surface area (Å²) in [6.45, 7) is 1.70. The van der Waals surface area contributed by atoms with Gasteiger partial charge in [0.05, 0.1) is 28.6 Å². The molecule has 1 aromatic carbocycles. The Morgan fingerprint density at radius 3 is 2.79 bits per heavy atom. The first-order chi connectivity index (χ1) is 9.08. The zero-order valence-corrected chi connectivity index (χ0v) is 10.9. The molecule has 0 aliphatic rings. The monoisotopic (exact) mass is 281 g/mol. The summed E-state index contributed by atoms with van der Waals surface area (Å²) in [5.41, 5.74) is 1.77. The quantitative estimate of drug-likeness (QED) is 0.890. The SMILES string of the molecule is CCc1c(CO)nnn1-c1ccc(Cl)c(C(=O)O)c1. The van der Waals surface area contributed by atoms with Gasteiger partial charge in [0.25, 0.3) is 0 Å². The normalized spacial score (nSPS) is 10.7. The van der Waals surface area contributed by atoms with Crippen molar-refractivity contribution in [1.29, 1.82) is 0 Å². The Balaban J connectivity index is 2.56. The largest absolute Gasteiger partial charge is 0.478 e. The summed E-state index contributed by atoms with van der Waals surface area (Å²) in [6.07, 6.45) is 0.619. The van der Waals surface area contributed by atoms with E-state index in [-0.39, 0.29) is 17.2 Å². The molecule has 0 saturated carbocycles. The molecule has 0 amide bonds. The van der Waals surface area contributed by atoms with Crippen LogP contribution in [0.1, 0.15) is 28.7 Å². The van der Waals surface area contributed by atoms with Crippen LogP contribution < -0.4 is 0 Å². The summed E-state index contributed by atoms with van der Waals surface area (Å²) < 4.78 is 1.51. The van der Waals surface area contributed by atoms with Gasteiger partial charge in [-0.05, 0) is 24.6 Å². The Kier molecular flexibility index (Phi) is 3.82. The molecule has 0 spiro atoms. The molecule has 19 heavy (non-hydrogen) atoms. The van der Waals surface area contributed by atoms with E-state index in [0.29, 0.717) is 17.8 Å². The fraction of sp³-hybridized carbons (Fsp3) is 0.250. The summed E-state index contributed by atoms with van der Waals surface area (Å²) in [5.74, 6) is -1.10. The molecule has 0 aliphatic carbocycles. The van der Waals surface area contributed by atoms with E-state index >= 15 is 0 Å². The summed E-state index contributed by atoms with van der Waals surface area (Å²) in [4.78, 5) is 11.1. The molecule has 0 aliphatic heterocycles. The smallest absolute Gasteiger partial charge is 0.337 e. The number of hydrogen-bond acceptors (Lipinski definition) is 4. The molecular formula is C12H12ClN3O3. The number of benzene rings is 1. The highest BCUT2D eigenvalue weighted by molar-refractivity contribution is 6.33. The van der Waals surface area contributed by atoms with Gasteiger partial charge in [-0.25, -0.2) is 9.48 Å². The second kappa shape index (κ2) is 5.38. The summed E-state index contributed by atoms with van der Waals surface area (Å²) in [7, 11) is 0. The van der Waals surface area contributed by atoms with Crippen LogP contribution in [-0.4, -0.2) is 31.2 Å². The van der Waals surface area contributed by atoms with Gasteiger partial charge in [-0.3, -0.25) is 0 Å². The van der Waals surface area contributed by atoms with Gasteiger partial charge < -0.3 is 10.2 Å². The number of carboxylic acids is 1. The fourth-order valence-corrected chi connectivity index (χ4v) is 2.02. The van der Waals surface area contributed by atoms with Crippen molar-refractivity contribution in [3.05, 3.63) is 40.2 Å². The van der Waals surface area contributed by atoms with E-state index in [1.807, 2.05) is 6.92 Å². The number of carboxylic acid groups (broad SMARTS) is 1. The lowest BCUT2D eigenvalue weighted by Gasteiger charge is -2.07. The van der Waals surface area contributed by atoms with Crippen molar-refractivity contribution in [3.8, 4) is 5.69 Å². The van der Waals surface area contributed by atoms with E-state index in [0.717, 1.165) is 5.69 Å². The minimum Gasteiger partial charge on any atom is -0.478 e. The second-order valence-corrected chi connectivity index (χ2v) is 4.28. The fourth-order valence-electron chi connectivity index (χ4n) is 1.83. The van der Waals surface area contributed by atoms with Gasteiger partial charge in [0.2, 0.25) is 0 Å². The Labute approximate surface area is 114 Å². The van der Waals surface area contributed by atoms with E-state index < -0.39 is 5.97 Å². The predicted octanol–water partition coefficient (Wildman–Crippen LogP) is 1.67. The van der Waals surface area contributed by atoms with Crippen molar-refractivity contribution in [3.63, 3.8) is 0 Å². The van der Waals surface area contributed by atoms with E-state index in [4.69, 9.17) is 21.8 Å². The topological polar surface area (TPSA) is 88.2 Å². The van der Waals surface area contributed by atoms with Crippen LogP contribution in [0.2, 0.25) is 5.02 Å². The third kappa shape index (κ3) is 2.45. The lowest BCUT2D eigenvalue weighted by molar-refractivity contribution is 0.0697. The number of aromatic carboxylic acids is 1. The molecule has 1 heterocycles. The summed E-state index contributed by atoms with van der Waals surface area (Å²) >= 11 is 5.82. The van der Waals surface area contributed by atoms with E-state index in [1.54, 1.807) is 6.07 Å². The molecule has 0 unspecified atom stereocenters. The van der Waals surface area contributed by atoms with E-state index in [2.05, 4.69) is 10.3 Å². The average Bonchev–Trinajstić information content (AvgIpc) is 2.81. The number of aliphatic hydroxyl groups is 1. The lowest BCUT2D eigenvalue weighted by Crippen LogP contribution is -2.05. The molecule has 0 fully saturated rings. The van der Waals surface area contributed by atoms with E-state index in [1.165, 1.54) is 16.8 Å². The number of nitrogens with zero attached hydrogens (tertiary/aromatic N) is 3. The Morgan fingerprint density at radius 1 is 1.47 bits per heavy atom. The highest BCUT2D eigenvalue weighted by Gasteiger charge is 2.15. The Bertz CT molecular complexity index is 625. The number of carbonyl (C=O) groups is 1. The van der Waals surface area contributed by atoms with Crippen LogP contribution in [0.25, 0.3) is 5.69 Å². The number of hydrogen-bond donors (Lipinski definition) is 2. The van der Waals surface area contributed by atoms with Gasteiger partial charge in [0.1, 0.15) is 5.69 Å². The highest BCUT2D eigenvalue weighted by Crippen LogP contribution is 2.21. The first-order valence-corrected chi connectivity index (χ1v) is 6.03. The third-order valence-corrected chi connectivity index (χ3v) is 3.08. The summed E-state index contributed by atoms with van der Waals surface area (Å²) in [5, 5.41) is 26.2. The maximum absolute atomic E-state index is 11.1. The molecule has 2 rings (SSSR count). The van der Waals surface area contributed by atoms with Crippen LogP contribution >= 0.6 is 11.6 Å². The molecule has 6 nitrogen and oxygen atoms in total. The molecule has 0 bridgehead atoms. The van der Waals surface area contributed by atoms with Gasteiger partial charge in [0, 0.05) is 0 Å². The Morgan fingerprint density at radius 2 is 2.21 bits per heavy atom. The van der Waals surface area contributed by atoms with Crippen LogP contribution in [0.3, 0.4) is 0 Å². The minimum absolute atomic E-state index is 0.00210. The predicted molar refractivity (Wildman–Crippen MR) is 68.6 cm³/mol. The van der Waals surface area contributed by atoms with Crippen LogP contribution in [0, 0.1) is 0 Å². The second-order valence-electron chi connectivity index (χ2n) is 3.88. The molecule has 7 heteroatoms. The molecule has 100 valence electrons. The van der Waals surface area contributed by atoms with Crippen LogP contribution in [0.5, 0.6) is 0 Å². The molecule has 0 atom stereocenters. The third-order valence-electron chi connectivity index (χ3n) is 2.75. The van der Waals surface area contributed by atoms with Crippen molar-refractivity contribution in [1.82, 2.24) is 15.0 Å². The van der Waals surface area contributed by atoms with Crippen molar-refractivity contribution >= 4 is 17.6 Å². The van der Waals surface area contributed by atoms with Crippen molar-refractivity contribution < 1.29 is 15.0 Å². The van der Waals surface area contributed by atoms with Gasteiger partial charge in [-0.2, -0.15) is 0 Å². The molecule has 2 N–H and O–H groups in total. The van der Waals surface area contributed by atoms with Crippen LogP contribution in [-0.2, 0) is 13.0 Å². The van der Waals surface area contributed by atoms with Crippen LogP contribution in [0.15, 0.2) is 18.2 Å². The number of halogens is 1. The number of aromatic nitrogens is 3. The van der Waals surface area contributed by atoms with Gasteiger partial charge in [-0.1, -0.05) is 23.7 Å². The lowest BCUT2D eigenvalue weighted by atomic mass is 10.2. The Hall–Kier alpha value is -1.92. The van der Waals surface area contributed by atoms with Gasteiger partial charge in [-0.15, -0.1) is 5.10 Å². The molecular weight excluding hydrogens is 270 g/mol. The number of aliphatic hydroxyl groups excluding tert-OH is 1. The molecule has 2 aromatic rings. The number of rotatable bonds is 4. The maximum atomic E-state index is 11.1. The van der Waals surface area contributed by atoms with Gasteiger partial charge in [0.15, 0.2) is 0 Å². The summed E-state index contributed by atoms with van der Waals surface area (Å²) in [6, 6.07) is 4.59. The first kappa shape index (κ1) is 13.5.